The van der Waals surface area contributed by atoms with Crippen LogP contribution in [0.3, 0.4) is 0 Å². The van der Waals surface area contributed by atoms with Gasteiger partial charge in [-0.3, -0.25) is 0 Å². The lowest BCUT2D eigenvalue weighted by atomic mass is 9.96. The zero-order valence-corrected chi connectivity index (χ0v) is 12.0. The lowest BCUT2D eigenvalue weighted by Crippen LogP contribution is -2.37. The van der Waals surface area contributed by atoms with E-state index in [4.69, 9.17) is 0 Å². The number of hydrogen-bond donors (Lipinski definition) is 2. The highest BCUT2D eigenvalue weighted by molar-refractivity contribution is 9.10. The summed E-state index contributed by atoms with van der Waals surface area (Å²) in [5.74, 6) is 0.213. The number of nitrogens with one attached hydrogen (secondary N) is 1. The van der Waals surface area contributed by atoms with Crippen molar-refractivity contribution in [3.8, 4) is 0 Å². The quantitative estimate of drug-likeness (QED) is 0.876. The average Bonchev–Trinajstić information content (AvgIpc) is 2.21. The molecule has 1 unspecified atom stereocenters. The van der Waals surface area contributed by atoms with Crippen molar-refractivity contribution >= 4 is 15.9 Å². The van der Waals surface area contributed by atoms with E-state index in [0.29, 0.717) is 22.5 Å². The highest BCUT2D eigenvalue weighted by Gasteiger charge is 2.23. The summed E-state index contributed by atoms with van der Waals surface area (Å²) < 4.78 is 13.5. The van der Waals surface area contributed by atoms with Crippen LogP contribution >= 0.6 is 15.9 Å². The van der Waals surface area contributed by atoms with E-state index in [0.717, 1.165) is 6.54 Å². The first-order valence-electron chi connectivity index (χ1n) is 5.71. The summed E-state index contributed by atoms with van der Waals surface area (Å²) in [6.45, 7) is 7.23. The van der Waals surface area contributed by atoms with Crippen LogP contribution in [0.15, 0.2) is 22.7 Å². The van der Waals surface area contributed by atoms with E-state index in [2.05, 4.69) is 35.1 Å². The van der Waals surface area contributed by atoms with E-state index in [9.17, 15) is 9.50 Å². The Hall–Kier alpha value is -0.450. The molecule has 0 heterocycles. The minimum atomic E-state index is -0.995. The van der Waals surface area contributed by atoms with Crippen LogP contribution in [0.2, 0.25) is 0 Å². The Kier molecular flexibility index (Phi) is 5.10. The van der Waals surface area contributed by atoms with Gasteiger partial charge in [-0.2, -0.15) is 0 Å². The Morgan fingerprint density at radius 2 is 2.12 bits per heavy atom. The molecule has 0 amide bonds. The van der Waals surface area contributed by atoms with Crippen LogP contribution in [0.4, 0.5) is 4.39 Å². The second-order valence-electron chi connectivity index (χ2n) is 4.93. The van der Waals surface area contributed by atoms with Gasteiger partial charge in [0.1, 0.15) is 5.82 Å². The summed E-state index contributed by atoms with van der Waals surface area (Å²) in [6, 6.07) is 4.58. The molecule has 17 heavy (non-hydrogen) atoms. The van der Waals surface area contributed by atoms with Gasteiger partial charge in [0.25, 0.3) is 0 Å². The summed E-state index contributed by atoms with van der Waals surface area (Å²) in [4.78, 5) is 0. The van der Waals surface area contributed by atoms with Gasteiger partial charge < -0.3 is 10.4 Å². The van der Waals surface area contributed by atoms with Crippen LogP contribution in [0.25, 0.3) is 0 Å². The smallest absolute Gasteiger partial charge is 0.137 e. The molecule has 4 heteroatoms. The van der Waals surface area contributed by atoms with Crippen molar-refractivity contribution in [1.29, 1.82) is 0 Å². The molecular formula is C13H19BrFNO. The first-order chi connectivity index (χ1) is 7.83. The molecule has 0 spiro atoms. The van der Waals surface area contributed by atoms with E-state index in [1.54, 1.807) is 19.1 Å². The Morgan fingerprint density at radius 1 is 1.47 bits per heavy atom. The zero-order valence-electron chi connectivity index (χ0n) is 10.4. The van der Waals surface area contributed by atoms with E-state index < -0.39 is 5.60 Å². The largest absolute Gasteiger partial charge is 0.384 e. The van der Waals surface area contributed by atoms with Crippen molar-refractivity contribution in [2.45, 2.75) is 26.4 Å². The molecule has 0 aliphatic rings. The third kappa shape index (κ3) is 4.37. The minimum absolute atomic E-state index is 0.320. The molecule has 0 aromatic heterocycles. The molecule has 2 nitrogen and oxygen atoms in total. The predicted molar refractivity (Wildman–Crippen MR) is 71.4 cm³/mol. The van der Waals surface area contributed by atoms with Gasteiger partial charge >= 0.3 is 0 Å². The molecule has 0 saturated carbocycles. The topological polar surface area (TPSA) is 32.3 Å². The van der Waals surface area contributed by atoms with Crippen molar-refractivity contribution in [2.75, 3.05) is 13.1 Å². The Bertz CT molecular complexity index is 380. The molecule has 0 radical (unpaired) electrons. The SMILES string of the molecule is CC(C)CNCC(C)(O)c1ccc(F)c(Br)c1. The average molecular weight is 304 g/mol. The van der Waals surface area contributed by atoms with E-state index in [1.165, 1.54) is 6.07 Å². The molecule has 0 saturated heterocycles. The second kappa shape index (κ2) is 5.94. The van der Waals surface area contributed by atoms with E-state index in [-0.39, 0.29) is 5.82 Å². The lowest BCUT2D eigenvalue weighted by molar-refractivity contribution is 0.0563. The third-order valence-corrected chi connectivity index (χ3v) is 3.17. The van der Waals surface area contributed by atoms with Crippen molar-refractivity contribution in [2.24, 2.45) is 5.92 Å². The molecule has 0 fully saturated rings. The van der Waals surface area contributed by atoms with Crippen LogP contribution in [0, 0.1) is 11.7 Å². The van der Waals surface area contributed by atoms with E-state index >= 15 is 0 Å². The number of halogens is 2. The maximum atomic E-state index is 13.1. The number of hydrogen-bond acceptors (Lipinski definition) is 2. The summed E-state index contributed by atoms with van der Waals surface area (Å²) in [6.07, 6.45) is 0. The van der Waals surface area contributed by atoms with Crippen molar-refractivity contribution in [3.63, 3.8) is 0 Å². The zero-order chi connectivity index (χ0) is 13.1. The van der Waals surface area contributed by atoms with Crippen LogP contribution in [0.5, 0.6) is 0 Å². The van der Waals surface area contributed by atoms with Crippen molar-refractivity contribution < 1.29 is 9.50 Å². The standard InChI is InChI=1S/C13H19BrFNO/c1-9(2)7-16-8-13(3,17)10-4-5-12(15)11(14)6-10/h4-6,9,16-17H,7-8H2,1-3H3. The van der Waals surface area contributed by atoms with Crippen LogP contribution in [-0.2, 0) is 5.60 Å². The van der Waals surface area contributed by atoms with Crippen LogP contribution < -0.4 is 5.32 Å². The molecule has 0 aliphatic heterocycles. The van der Waals surface area contributed by atoms with Gasteiger partial charge in [-0.25, -0.2) is 4.39 Å². The minimum Gasteiger partial charge on any atom is -0.384 e. The Labute approximate surface area is 110 Å². The third-order valence-electron chi connectivity index (χ3n) is 2.56. The van der Waals surface area contributed by atoms with Gasteiger partial charge in [0, 0.05) is 6.54 Å². The van der Waals surface area contributed by atoms with E-state index in [1.807, 2.05) is 0 Å². The number of benzene rings is 1. The maximum absolute atomic E-state index is 13.1. The van der Waals surface area contributed by atoms with Gasteiger partial charge in [0.2, 0.25) is 0 Å². The van der Waals surface area contributed by atoms with Gasteiger partial charge in [-0.15, -0.1) is 0 Å². The molecule has 1 aromatic carbocycles. The van der Waals surface area contributed by atoms with Gasteiger partial charge in [-0.1, -0.05) is 19.9 Å². The first kappa shape index (κ1) is 14.6. The second-order valence-corrected chi connectivity index (χ2v) is 5.78. The molecule has 1 atom stereocenters. The highest BCUT2D eigenvalue weighted by atomic mass is 79.9. The Morgan fingerprint density at radius 3 is 2.65 bits per heavy atom. The maximum Gasteiger partial charge on any atom is 0.137 e. The molecule has 96 valence electrons. The summed E-state index contributed by atoms with van der Waals surface area (Å²) >= 11 is 3.12. The summed E-state index contributed by atoms with van der Waals surface area (Å²) in [5.41, 5.74) is -0.299. The fourth-order valence-electron chi connectivity index (χ4n) is 1.54. The lowest BCUT2D eigenvalue weighted by Gasteiger charge is -2.25. The molecule has 1 aromatic rings. The molecule has 2 N–H and O–H groups in total. The molecule has 0 bridgehead atoms. The normalized spacial score (nSPS) is 15.0. The van der Waals surface area contributed by atoms with Crippen LogP contribution in [-0.4, -0.2) is 18.2 Å². The molecule has 0 aliphatic carbocycles. The number of aliphatic hydroxyl groups is 1. The predicted octanol–water partition coefficient (Wildman–Crippen LogP) is 3.04. The first-order valence-corrected chi connectivity index (χ1v) is 6.51. The van der Waals surface area contributed by atoms with Crippen molar-refractivity contribution in [3.05, 3.63) is 34.1 Å². The monoisotopic (exact) mass is 303 g/mol. The van der Waals surface area contributed by atoms with Crippen LogP contribution in [0.1, 0.15) is 26.3 Å². The fraction of sp³-hybridized carbons (Fsp3) is 0.538. The molecule has 1 rings (SSSR count). The van der Waals surface area contributed by atoms with Gasteiger partial charge in [-0.05, 0) is 53.0 Å². The highest BCUT2D eigenvalue weighted by Crippen LogP contribution is 2.25. The van der Waals surface area contributed by atoms with Crippen molar-refractivity contribution in [1.82, 2.24) is 5.32 Å². The van der Waals surface area contributed by atoms with Gasteiger partial charge in [0.15, 0.2) is 0 Å². The summed E-state index contributed by atoms with van der Waals surface area (Å²) in [5, 5.41) is 13.5. The van der Waals surface area contributed by atoms with Gasteiger partial charge in [0.05, 0.1) is 10.1 Å². The number of rotatable bonds is 5. The molecular weight excluding hydrogens is 285 g/mol. The fourth-order valence-corrected chi connectivity index (χ4v) is 1.92. The Balaban J connectivity index is 2.71. The summed E-state index contributed by atoms with van der Waals surface area (Å²) in [7, 11) is 0.